The van der Waals surface area contributed by atoms with Gasteiger partial charge in [0.15, 0.2) is 0 Å². The first-order chi connectivity index (χ1) is 10.3. The van der Waals surface area contributed by atoms with E-state index in [0.717, 1.165) is 41.6 Å². The van der Waals surface area contributed by atoms with E-state index in [1.807, 2.05) is 13.0 Å². The number of aromatic nitrogens is 1. The maximum Gasteiger partial charge on any atom is 0.213 e. The Kier molecular flexibility index (Phi) is 2.16. The number of nitrogen functional groups attached to an aromatic ring is 1. The predicted molar refractivity (Wildman–Crippen MR) is 77.4 cm³/mol. The molecule has 0 atom stereocenters. The topological polar surface area (TPSA) is 48.1 Å². The minimum absolute atomic E-state index is 0.0804. The lowest BCUT2D eigenvalue weighted by atomic mass is 9.93. The molecule has 1 aromatic carbocycles. The fraction of sp³-hybridized carbons (Fsp3) is 0.312. The van der Waals surface area contributed by atoms with Crippen LogP contribution >= 0.6 is 0 Å². The van der Waals surface area contributed by atoms with Gasteiger partial charge in [-0.25, -0.2) is 4.98 Å². The van der Waals surface area contributed by atoms with Crippen molar-refractivity contribution in [3.05, 3.63) is 41.1 Å². The first kappa shape index (κ1) is 8.97. The van der Waals surface area contributed by atoms with Gasteiger partial charge in [-0.05, 0) is 54.5 Å². The van der Waals surface area contributed by atoms with Crippen molar-refractivity contribution in [2.24, 2.45) is 0 Å². The number of benzene rings is 1. The Morgan fingerprint density at radius 1 is 1.37 bits per heavy atom. The van der Waals surface area contributed by atoms with Crippen molar-refractivity contribution in [3.8, 4) is 17.0 Å². The zero-order valence-corrected chi connectivity index (χ0v) is 10.9. The van der Waals surface area contributed by atoms with E-state index in [-0.39, 0.29) is 5.88 Å². The molecule has 0 aliphatic heterocycles. The highest BCUT2D eigenvalue weighted by atomic mass is 16.5. The molecule has 98 valence electrons. The predicted octanol–water partition coefficient (Wildman–Crippen LogP) is 3.14. The van der Waals surface area contributed by atoms with Crippen molar-refractivity contribution in [2.45, 2.75) is 26.2 Å². The molecule has 0 bridgehead atoms. The molecule has 0 unspecified atom stereocenters. The van der Waals surface area contributed by atoms with Gasteiger partial charge in [0.05, 0.1) is 11.2 Å². The van der Waals surface area contributed by atoms with Crippen LogP contribution in [0, 0.1) is 6.92 Å². The van der Waals surface area contributed by atoms with Crippen LogP contribution in [0.3, 0.4) is 0 Å². The van der Waals surface area contributed by atoms with E-state index in [2.05, 4.69) is 11.1 Å². The van der Waals surface area contributed by atoms with E-state index in [1.54, 1.807) is 12.3 Å². The van der Waals surface area contributed by atoms with Gasteiger partial charge < -0.3 is 10.5 Å². The lowest BCUT2D eigenvalue weighted by Crippen LogP contribution is -2.00. The van der Waals surface area contributed by atoms with Crippen molar-refractivity contribution in [3.63, 3.8) is 0 Å². The highest BCUT2D eigenvalue weighted by Gasteiger charge is 2.19. The van der Waals surface area contributed by atoms with Crippen molar-refractivity contribution in [2.75, 3.05) is 12.8 Å². The van der Waals surface area contributed by atoms with Crippen LogP contribution in [0.1, 0.15) is 27.2 Å². The summed E-state index contributed by atoms with van der Waals surface area (Å²) in [6.45, 7) is 2.02. The molecule has 0 saturated carbocycles. The lowest BCUT2D eigenvalue weighted by Gasteiger charge is -2.15. The van der Waals surface area contributed by atoms with Crippen LogP contribution in [-0.4, -0.2) is 12.0 Å². The average molecular weight is 257 g/mol. The number of fused-ring (bicyclic) bond motifs is 1. The largest absolute Gasteiger partial charge is 0.481 e. The fourth-order valence-electron chi connectivity index (χ4n) is 2.93. The molecule has 3 rings (SSSR count). The Morgan fingerprint density at radius 2 is 2.26 bits per heavy atom. The molecule has 2 aromatic rings. The van der Waals surface area contributed by atoms with Crippen LogP contribution in [0.5, 0.6) is 5.88 Å². The summed E-state index contributed by atoms with van der Waals surface area (Å²) in [4.78, 5) is 3.96. The molecule has 0 saturated heterocycles. The highest BCUT2D eigenvalue weighted by molar-refractivity contribution is 5.83. The Morgan fingerprint density at radius 3 is 3.11 bits per heavy atom. The second-order valence-electron chi connectivity index (χ2n) is 4.96. The summed E-state index contributed by atoms with van der Waals surface area (Å²) in [5, 5.41) is 0. The number of nitrogens with zero attached hydrogens (tertiary/aromatic N) is 1. The van der Waals surface area contributed by atoms with E-state index in [4.69, 9.17) is 14.6 Å². The van der Waals surface area contributed by atoms with Crippen LogP contribution in [0.2, 0.25) is 0 Å². The maximum atomic E-state index is 7.18. The molecular weight excluding hydrogens is 236 g/mol. The summed E-state index contributed by atoms with van der Waals surface area (Å²) in [5.41, 5.74) is 12.6. The van der Waals surface area contributed by atoms with Crippen molar-refractivity contribution in [1.29, 1.82) is 0 Å². The van der Waals surface area contributed by atoms with E-state index >= 15 is 0 Å². The summed E-state index contributed by atoms with van der Waals surface area (Å²) >= 11 is 0. The van der Waals surface area contributed by atoms with Crippen LogP contribution in [-0.2, 0) is 12.8 Å². The van der Waals surface area contributed by atoms with E-state index in [9.17, 15) is 0 Å². The van der Waals surface area contributed by atoms with Gasteiger partial charge in [-0.3, -0.25) is 0 Å². The molecule has 0 spiro atoms. The monoisotopic (exact) mass is 257 g/mol. The van der Waals surface area contributed by atoms with Crippen LogP contribution in [0.25, 0.3) is 11.1 Å². The van der Waals surface area contributed by atoms with Gasteiger partial charge in [0.2, 0.25) is 5.88 Å². The zero-order valence-electron chi connectivity index (χ0n) is 13.9. The number of aryl methyl sites for hydroxylation is 2. The van der Waals surface area contributed by atoms with E-state index in [0.29, 0.717) is 0 Å². The summed E-state index contributed by atoms with van der Waals surface area (Å²) in [5.74, 6) is 0.0804. The standard InChI is InChI=1S/C16H18N2O/c1-10-8-11-4-3-5-13(11)16(17)15(10)12-6-7-18-14(9-12)19-2/h6-9H,3-5,17H2,1-2H3/i2D3. The summed E-state index contributed by atoms with van der Waals surface area (Å²) in [6.07, 6.45) is 4.75. The second kappa shape index (κ2) is 4.57. The number of pyridine rings is 1. The van der Waals surface area contributed by atoms with Gasteiger partial charge in [-0.15, -0.1) is 0 Å². The van der Waals surface area contributed by atoms with E-state index < -0.39 is 7.04 Å². The number of methoxy groups -OCH3 is 1. The number of hydrogen-bond acceptors (Lipinski definition) is 3. The molecule has 1 aromatic heterocycles. The third kappa shape index (κ3) is 1.95. The molecule has 0 amide bonds. The summed E-state index contributed by atoms with van der Waals surface area (Å²) in [6, 6.07) is 5.64. The molecule has 1 aliphatic rings. The molecule has 1 heterocycles. The zero-order chi connectivity index (χ0) is 15.9. The molecule has 0 radical (unpaired) electrons. The van der Waals surface area contributed by atoms with Gasteiger partial charge in [0.25, 0.3) is 0 Å². The van der Waals surface area contributed by atoms with E-state index in [1.165, 1.54) is 11.1 Å². The normalized spacial score (nSPS) is 16.4. The average Bonchev–Trinajstić information content (AvgIpc) is 2.85. The summed E-state index contributed by atoms with van der Waals surface area (Å²) < 4.78 is 26.4. The highest BCUT2D eigenvalue weighted by Crippen LogP contribution is 2.38. The van der Waals surface area contributed by atoms with Crippen molar-refractivity contribution in [1.82, 2.24) is 4.98 Å². The van der Waals surface area contributed by atoms with Gasteiger partial charge in [-0.1, -0.05) is 6.07 Å². The number of ether oxygens (including phenoxy) is 1. The quantitative estimate of drug-likeness (QED) is 0.841. The number of rotatable bonds is 2. The first-order valence-electron chi connectivity index (χ1n) is 7.91. The van der Waals surface area contributed by atoms with Crippen LogP contribution < -0.4 is 10.5 Å². The van der Waals surface area contributed by atoms with Gasteiger partial charge in [0.1, 0.15) is 0 Å². The molecular formula is C16H18N2O. The van der Waals surface area contributed by atoms with Crippen LogP contribution in [0.4, 0.5) is 5.69 Å². The van der Waals surface area contributed by atoms with Crippen molar-refractivity contribution < 1.29 is 8.85 Å². The molecule has 0 fully saturated rings. The first-order valence-corrected chi connectivity index (χ1v) is 6.41. The molecule has 3 nitrogen and oxygen atoms in total. The Hall–Kier alpha value is -2.03. The Balaban J connectivity index is 2.07. The molecule has 2 N–H and O–H groups in total. The second-order valence-corrected chi connectivity index (χ2v) is 4.96. The van der Waals surface area contributed by atoms with Gasteiger partial charge in [-0.2, -0.15) is 0 Å². The molecule has 1 aliphatic carbocycles. The lowest BCUT2D eigenvalue weighted by molar-refractivity contribution is 0.398. The van der Waals surface area contributed by atoms with Crippen molar-refractivity contribution >= 4 is 5.69 Å². The third-order valence-corrected chi connectivity index (χ3v) is 3.77. The number of hydrogen-bond donors (Lipinski definition) is 1. The van der Waals surface area contributed by atoms with Gasteiger partial charge >= 0.3 is 0 Å². The SMILES string of the molecule is [2H]C([2H])([2H])Oc1cc(-c2c(C)cc3c(c2N)CCC3)ccn1. The Labute approximate surface area is 117 Å². The maximum absolute atomic E-state index is 7.18. The molecule has 3 heteroatoms. The Bertz CT molecular complexity index is 726. The fourth-order valence-corrected chi connectivity index (χ4v) is 2.93. The minimum Gasteiger partial charge on any atom is -0.481 e. The number of anilines is 1. The number of nitrogens with two attached hydrogens (primary N) is 1. The van der Waals surface area contributed by atoms with Gasteiger partial charge in [0, 0.05) is 23.5 Å². The molecule has 19 heavy (non-hydrogen) atoms. The third-order valence-electron chi connectivity index (χ3n) is 3.77. The minimum atomic E-state index is -2.51. The van der Waals surface area contributed by atoms with Crippen LogP contribution in [0.15, 0.2) is 24.4 Å². The summed E-state index contributed by atoms with van der Waals surface area (Å²) in [7, 11) is -2.51. The smallest absolute Gasteiger partial charge is 0.213 e.